The predicted molar refractivity (Wildman–Crippen MR) is 46.5 cm³/mol. The van der Waals surface area contributed by atoms with E-state index in [9.17, 15) is 10.1 Å². The van der Waals surface area contributed by atoms with Crippen molar-refractivity contribution in [2.75, 3.05) is 0 Å². The van der Waals surface area contributed by atoms with Crippen molar-refractivity contribution in [2.24, 2.45) is 0 Å². The first-order valence-electron chi connectivity index (χ1n) is 2.91. The third-order valence-corrected chi connectivity index (χ3v) is 1.89. The minimum Gasteiger partial charge on any atom is -0.258 e. The van der Waals surface area contributed by atoms with Crippen LogP contribution in [0.3, 0.4) is 0 Å². The van der Waals surface area contributed by atoms with E-state index in [0.29, 0.717) is 0 Å². The molecule has 2 radical (unpaired) electrons. The molecule has 0 atom stereocenters. The van der Waals surface area contributed by atoms with Crippen molar-refractivity contribution in [1.29, 1.82) is 0 Å². The molecule has 0 heterocycles. The van der Waals surface area contributed by atoms with E-state index in [1.165, 1.54) is 6.07 Å². The first-order chi connectivity index (χ1) is 5.52. The van der Waals surface area contributed by atoms with Gasteiger partial charge in [0.25, 0.3) is 5.69 Å². The van der Waals surface area contributed by atoms with Crippen molar-refractivity contribution in [1.82, 2.24) is 0 Å². The molecule has 0 unspecified atom stereocenters. The standard InChI is InChI=1S/C7H3Cl2NO2/c1-4-2-7(10(11)12)6(9)3-5(4)8/h1-3H. The Labute approximate surface area is 79.1 Å². The van der Waals surface area contributed by atoms with Crippen LogP contribution in [-0.2, 0) is 0 Å². The van der Waals surface area contributed by atoms with Crippen molar-refractivity contribution in [3.05, 3.63) is 44.8 Å². The van der Waals surface area contributed by atoms with Crippen molar-refractivity contribution < 1.29 is 4.92 Å². The number of benzene rings is 1. The molecule has 0 aliphatic rings. The highest BCUT2D eigenvalue weighted by Crippen LogP contribution is 2.29. The summed E-state index contributed by atoms with van der Waals surface area (Å²) in [5, 5.41) is 10.5. The molecule has 3 nitrogen and oxygen atoms in total. The van der Waals surface area contributed by atoms with E-state index in [4.69, 9.17) is 30.1 Å². The second kappa shape index (κ2) is 3.29. The van der Waals surface area contributed by atoms with Gasteiger partial charge in [-0.2, -0.15) is 0 Å². The molecule has 0 saturated carbocycles. The van der Waals surface area contributed by atoms with E-state index in [2.05, 4.69) is 0 Å². The van der Waals surface area contributed by atoms with Crippen LogP contribution in [0.4, 0.5) is 5.69 Å². The third kappa shape index (κ3) is 1.68. The summed E-state index contributed by atoms with van der Waals surface area (Å²) in [7, 11) is 0. The van der Waals surface area contributed by atoms with Crippen molar-refractivity contribution >= 4 is 28.9 Å². The largest absolute Gasteiger partial charge is 0.288 e. The van der Waals surface area contributed by atoms with Gasteiger partial charge in [-0.05, 0) is 11.6 Å². The van der Waals surface area contributed by atoms with Crippen molar-refractivity contribution in [3.63, 3.8) is 0 Å². The zero-order valence-corrected chi connectivity index (χ0v) is 7.26. The number of hydrogen-bond acceptors (Lipinski definition) is 2. The zero-order chi connectivity index (χ0) is 9.30. The second-order valence-corrected chi connectivity index (χ2v) is 2.90. The summed E-state index contributed by atoms with van der Waals surface area (Å²) in [6, 6.07) is 2.38. The van der Waals surface area contributed by atoms with Gasteiger partial charge in [-0.25, -0.2) is 0 Å². The maximum absolute atomic E-state index is 10.3. The number of nitro groups is 1. The van der Waals surface area contributed by atoms with Crippen LogP contribution < -0.4 is 0 Å². The summed E-state index contributed by atoms with van der Waals surface area (Å²) >= 11 is 11.1. The van der Waals surface area contributed by atoms with E-state index in [1.807, 2.05) is 0 Å². The Hall–Kier alpha value is -0.800. The average Bonchev–Trinajstić information content (AvgIpc) is 1.96. The fourth-order valence-corrected chi connectivity index (χ4v) is 1.15. The molecule has 0 amide bonds. The van der Waals surface area contributed by atoms with E-state index >= 15 is 0 Å². The fourth-order valence-electron chi connectivity index (χ4n) is 0.694. The van der Waals surface area contributed by atoms with Crippen LogP contribution in [0, 0.1) is 17.0 Å². The zero-order valence-electron chi connectivity index (χ0n) is 5.75. The normalized spacial score (nSPS) is 9.92. The Bertz CT molecular complexity index is 338. The van der Waals surface area contributed by atoms with Gasteiger partial charge in [-0.1, -0.05) is 23.2 Å². The molecule has 62 valence electrons. The number of nitrogens with zero attached hydrogens (tertiary/aromatic N) is 1. The highest BCUT2D eigenvalue weighted by Gasteiger charge is 2.13. The van der Waals surface area contributed by atoms with Crippen LogP contribution >= 0.6 is 23.2 Å². The Morgan fingerprint density at radius 1 is 1.33 bits per heavy atom. The molecule has 0 bridgehead atoms. The molecule has 1 rings (SSSR count). The molecule has 5 heteroatoms. The predicted octanol–water partition coefficient (Wildman–Crippen LogP) is 2.96. The van der Waals surface area contributed by atoms with Gasteiger partial charge in [0.15, 0.2) is 0 Å². The maximum Gasteiger partial charge on any atom is 0.288 e. The number of hydrogen-bond donors (Lipinski definition) is 0. The van der Waals surface area contributed by atoms with Crippen LogP contribution in [0.2, 0.25) is 10.0 Å². The van der Waals surface area contributed by atoms with Gasteiger partial charge in [0.1, 0.15) is 5.02 Å². The lowest BCUT2D eigenvalue weighted by atomic mass is 10.2. The van der Waals surface area contributed by atoms with E-state index in [1.54, 1.807) is 0 Å². The van der Waals surface area contributed by atoms with Crippen LogP contribution in [0.25, 0.3) is 0 Å². The van der Waals surface area contributed by atoms with E-state index in [0.717, 1.165) is 6.07 Å². The Morgan fingerprint density at radius 2 is 1.92 bits per heavy atom. The molecule has 1 aromatic rings. The Balaban J connectivity index is 3.33. The van der Waals surface area contributed by atoms with Gasteiger partial charge in [-0.15, -0.1) is 0 Å². The van der Waals surface area contributed by atoms with Crippen LogP contribution in [0.5, 0.6) is 0 Å². The lowest BCUT2D eigenvalue weighted by Crippen LogP contribution is -1.90. The van der Waals surface area contributed by atoms with Crippen molar-refractivity contribution in [3.8, 4) is 0 Å². The number of rotatable bonds is 1. The summed E-state index contributed by atoms with van der Waals surface area (Å²) in [4.78, 5) is 9.69. The molecule has 1 aromatic carbocycles. The van der Waals surface area contributed by atoms with Gasteiger partial charge >= 0.3 is 0 Å². The number of nitro benzene ring substituents is 1. The van der Waals surface area contributed by atoms with Gasteiger partial charge in [0, 0.05) is 18.0 Å². The highest BCUT2D eigenvalue weighted by atomic mass is 35.5. The average molecular weight is 204 g/mol. The quantitative estimate of drug-likeness (QED) is 0.521. The molecule has 0 spiro atoms. The molecule has 0 fully saturated rings. The molecule has 12 heavy (non-hydrogen) atoms. The summed E-state index contributed by atoms with van der Waals surface area (Å²) in [6.07, 6.45) is 0. The smallest absolute Gasteiger partial charge is 0.258 e. The highest BCUT2D eigenvalue weighted by molar-refractivity contribution is 6.36. The van der Waals surface area contributed by atoms with Crippen molar-refractivity contribution in [2.45, 2.75) is 0 Å². The van der Waals surface area contributed by atoms with Gasteiger partial charge in [0.2, 0.25) is 0 Å². The molecule has 0 aliphatic carbocycles. The first kappa shape index (κ1) is 9.29. The topological polar surface area (TPSA) is 43.1 Å². The molecular formula is C7H3Cl2NO2. The van der Waals surface area contributed by atoms with Gasteiger partial charge in [0.05, 0.1) is 4.92 Å². The lowest BCUT2D eigenvalue weighted by Gasteiger charge is -1.98. The summed E-state index contributed by atoms with van der Waals surface area (Å²) in [5.41, 5.74) is -0.0914. The Kier molecular flexibility index (Phi) is 2.55. The first-order valence-corrected chi connectivity index (χ1v) is 3.67. The molecule has 0 N–H and O–H groups in total. The fraction of sp³-hybridized carbons (Fsp3) is 0. The van der Waals surface area contributed by atoms with Gasteiger partial charge in [-0.3, -0.25) is 10.1 Å². The third-order valence-electron chi connectivity index (χ3n) is 1.26. The molecule has 0 saturated heterocycles. The van der Waals surface area contributed by atoms with Crippen LogP contribution in [0.15, 0.2) is 12.1 Å². The second-order valence-electron chi connectivity index (χ2n) is 2.08. The minimum atomic E-state index is -0.616. The lowest BCUT2D eigenvalue weighted by molar-refractivity contribution is -0.384. The van der Waals surface area contributed by atoms with Gasteiger partial charge < -0.3 is 0 Å². The molecular weight excluding hydrogens is 201 g/mol. The van der Waals surface area contributed by atoms with E-state index < -0.39 is 4.92 Å². The summed E-state index contributed by atoms with van der Waals surface area (Å²) in [5.74, 6) is 0. The molecule has 0 aliphatic heterocycles. The van der Waals surface area contributed by atoms with Crippen LogP contribution in [-0.4, -0.2) is 4.92 Å². The SMILES string of the molecule is [CH]c1cc([N+](=O)[O-])c(Cl)cc1Cl. The van der Waals surface area contributed by atoms with Crippen LogP contribution in [0.1, 0.15) is 5.56 Å². The summed E-state index contributed by atoms with van der Waals surface area (Å²) < 4.78 is 0. The Morgan fingerprint density at radius 3 is 2.42 bits per heavy atom. The number of halogens is 2. The van der Waals surface area contributed by atoms with E-state index in [-0.39, 0.29) is 21.3 Å². The molecule has 0 aromatic heterocycles. The maximum atomic E-state index is 10.3. The monoisotopic (exact) mass is 203 g/mol. The summed E-state index contributed by atoms with van der Waals surface area (Å²) in [6.45, 7) is 5.33. The minimum absolute atomic E-state index is 0.0146.